The summed E-state index contributed by atoms with van der Waals surface area (Å²) in [5.41, 5.74) is 2.18. The highest BCUT2D eigenvalue weighted by Gasteiger charge is 2.19. The van der Waals surface area contributed by atoms with E-state index in [0.717, 1.165) is 11.1 Å². The van der Waals surface area contributed by atoms with E-state index in [1.807, 2.05) is 19.1 Å². The summed E-state index contributed by atoms with van der Waals surface area (Å²) < 4.78 is 5.15. The number of hydrogen-bond donors (Lipinski definition) is 1. The Hall–Kier alpha value is -2.17. The van der Waals surface area contributed by atoms with Gasteiger partial charge < -0.3 is 9.84 Å². The van der Waals surface area contributed by atoms with Crippen molar-refractivity contribution in [3.05, 3.63) is 76.6 Å². The number of benzene rings is 1. The minimum atomic E-state index is -1.14. The minimum Gasteiger partial charge on any atom is -0.457 e. The lowest BCUT2D eigenvalue weighted by Gasteiger charge is -2.13. The fraction of sp³-hybridized carbons (Fsp3) is 0.176. The van der Waals surface area contributed by atoms with Crippen LogP contribution >= 0.6 is 11.6 Å². The van der Waals surface area contributed by atoms with E-state index in [9.17, 15) is 9.90 Å². The standard InChI is InChI=1S/C17H16ClNO3/c1-11-5-6-13(8-15(11)18)10-22-17(21)12(2)16(20)14-4-3-7-19-9-14/h3-9,16,20H,2,10H2,1H3. The fourth-order valence-corrected chi connectivity index (χ4v) is 2.02. The zero-order chi connectivity index (χ0) is 16.1. The number of aliphatic hydroxyl groups excluding tert-OH is 1. The van der Waals surface area contributed by atoms with Gasteiger partial charge in [-0.1, -0.05) is 36.4 Å². The predicted octanol–water partition coefficient (Wildman–Crippen LogP) is 3.38. The number of pyridine rings is 1. The van der Waals surface area contributed by atoms with Gasteiger partial charge in [0, 0.05) is 23.0 Å². The van der Waals surface area contributed by atoms with Crippen molar-refractivity contribution in [1.29, 1.82) is 0 Å². The Morgan fingerprint density at radius 2 is 2.23 bits per heavy atom. The molecule has 1 unspecified atom stereocenters. The van der Waals surface area contributed by atoms with Crippen LogP contribution in [0.4, 0.5) is 0 Å². The molecule has 22 heavy (non-hydrogen) atoms. The van der Waals surface area contributed by atoms with E-state index in [1.54, 1.807) is 24.4 Å². The highest BCUT2D eigenvalue weighted by molar-refractivity contribution is 6.31. The maximum Gasteiger partial charge on any atom is 0.336 e. The third-order valence-corrected chi connectivity index (χ3v) is 3.61. The van der Waals surface area contributed by atoms with Gasteiger partial charge >= 0.3 is 5.97 Å². The summed E-state index contributed by atoms with van der Waals surface area (Å²) in [5.74, 6) is -0.659. The lowest BCUT2D eigenvalue weighted by Crippen LogP contribution is -2.14. The SMILES string of the molecule is C=C(C(=O)OCc1ccc(C)c(Cl)c1)C(O)c1cccnc1. The van der Waals surface area contributed by atoms with Crippen LogP contribution in [0, 0.1) is 6.92 Å². The number of aliphatic hydroxyl groups is 1. The summed E-state index contributed by atoms with van der Waals surface area (Å²) >= 11 is 6.02. The highest BCUT2D eigenvalue weighted by Crippen LogP contribution is 2.21. The zero-order valence-electron chi connectivity index (χ0n) is 12.1. The van der Waals surface area contributed by atoms with Crippen molar-refractivity contribution in [1.82, 2.24) is 4.98 Å². The van der Waals surface area contributed by atoms with Crippen LogP contribution in [-0.2, 0) is 16.1 Å². The largest absolute Gasteiger partial charge is 0.457 e. The summed E-state index contributed by atoms with van der Waals surface area (Å²) in [7, 11) is 0. The van der Waals surface area contributed by atoms with Crippen molar-refractivity contribution < 1.29 is 14.6 Å². The van der Waals surface area contributed by atoms with Crippen LogP contribution in [0.25, 0.3) is 0 Å². The molecule has 1 atom stereocenters. The molecule has 0 radical (unpaired) electrons. The molecule has 114 valence electrons. The summed E-state index contributed by atoms with van der Waals surface area (Å²) in [6, 6.07) is 8.76. The number of nitrogens with zero attached hydrogens (tertiary/aromatic N) is 1. The molecule has 1 heterocycles. The normalized spacial score (nSPS) is 11.8. The van der Waals surface area contributed by atoms with E-state index in [0.29, 0.717) is 10.6 Å². The van der Waals surface area contributed by atoms with Gasteiger partial charge in [0.25, 0.3) is 0 Å². The average molecular weight is 318 g/mol. The van der Waals surface area contributed by atoms with Crippen LogP contribution < -0.4 is 0 Å². The van der Waals surface area contributed by atoms with Crippen LogP contribution in [0.3, 0.4) is 0 Å². The molecule has 1 aromatic heterocycles. The average Bonchev–Trinajstić information content (AvgIpc) is 2.55. The first-order valence-corrected chi connectivity index (χ1v) is 7.05. The number of aryl methyl sites for hydroxylation is 1. The van der Waals surface area contributed by atoms with Crippen LogP contribution in [0.15, 0.2) is 54.9 Å². The molecule has 0 aliphatic heterocycles. The second kappa shape index (κ2) is 7.20. The predicted molar refractivity (Wildman–Crippen MR) is 84.3 cm³/mol. The van der Waals surface area contributed by atoms with Gasteiger partial charge in [-0.05, 0) is 30.2 Å². The number of ether oxygens (including phenoxy) is 1. The summed E-state index contributed by atoms with van der Waals surface area (Å²) in [6.07, 6.45) is 1.92. The zero-order valence-corrected chi connectivity index (χ0v) is 12.9. The molecule has 0 saturated carbocycles. The van der Waals surface area contributed by atoms with Crippen molar-refractivity contribution in [2.45, 2.75) is 19.6 Å². The van der Waals surface area contributed by atoms with Gasteiger partial charge in [-0.15, -0.1) is 0 Å². The first kappa shape index (κ1) is 16.2. The van der Waals surface area contributed by atoms with Gasteiger partial charge in [0.1, 0.15) is 12.7 Å². The molecule has 4 nitrogen and oxygen atoms in total. The Morgan fingerprint density at radius 3 is 2.86 bits per heavy atom. The van der Waals surface area contributed by atoms with E-state index in [2.05, 4.69) is 11.6 Å². The van der Waals surface area contributed by atoms with Crippen molar-refractivity contribution in [2.24, 2.45) is 0 Å². The quantitative estimate of drug-likeness (QED) is 0.678. The van der Waals surface area contributed by atoms with Crippen LogP contribution in [0.5, 0.6) is 0 Å². The van der Waals surface area contributed by atoms with E-state index >= 15 is 0 Å². The third kappa shape index (κ3) is 3.93. The molecule has 0 aliphatic rings. The maximum atomic E-state index is 11.9. The Bertz CT molecular complexity index is 686. The maximum absolute atomic E-state index is 11.9. The van der Waals surface area contributed by atoms with E-state index in [1.165, 1.54) is 6.20 Å². The van der Waals surface area contributed by atoms with Crippen molar-refractivity contribution in [3.63, 3.8) is 0 Å². The molecular formula is C17H16ClNO3. The monoisotopic (exact) mass is 317 g/mol. The van der Waals surface area contributed by atoms with Crippen LogP contribution in [0.2, 0.25) is 5.02 Å². The Kier molecular flexibility index (Phi) is 5.31. The van der Waals surface area contributed by atoms with Gasteiger partial charge in [-0.2, -0.15) is 0 Å². The minimum absolute atomic E-state index is 0.0359. The van der Waals surface area contributed by atoms with Crippen molar-refractivity contribution >= 4 is 17.6 Å². The van der Waals surface area contributed by atoms with Crippen molar-refractivity contribution in [2.75, 3.05) is 0 Å². The molecule has 0 bridgehead atoms. The molecule has 0 spiro atoms. The van der Waals surface area contributed by atoms with Gasteiger partial charge in [0.05, 0.1) is 5.57 Å². The van der Waals surface area contributed by atoms with Gasteiger partial charge in [-0.3, -0.25) is 4.98 Å². The number of carbonyl (C=O) groups excluding carboxylic acids is 1. The third-order valence-electron chi connectivity index (χ3n) is 3.20. The molecule has 0 saturated heterocycles. The topological polar surface area (TPSA) is 59.4 Å². The van der Waals surface area contributed by atoms with Gasteiger partial charge in [-0.25, -0.2) is 4.79 Å². The van der Waals surface area contributed by atoms with Gasteiger partial charge in [0.15, 0.2) is 0 Å². The Morgan fingerprint density at radius 1 is 1.45 bits per heavy atom. The molecule has 0 amide bonds. The molecule has 2 rings (SSSR count). The Balaban J connectivity index is 1.97. The molecule has 1 aromatic carbocycles. The van der Waals surface area contributed by atoms with Crippen LogP contribution in [-0.4, -0.2) is 16.1 Å². The molecule has 2 aromatic rings. The lowest BCUT2D eigenvalue weighted by atomic mass is 10.1. The lowest BCUT2D eigenvalue weighted by molar-refractivity contribution is -0.141. The van der Waals surface area contributed by atoms with E-state index < -0.39 is 12.1 Å². The summed E-state index contributed by atoms with van der Waals surface area (Å²) in [4.78, 5) is 15.8. The number of aromatic nitrogens is 1. The van der Waals surface area contributed by atoms with E-state index in [-0.39, 0.29) is 12.2 Å². The van der Waals surface area contributed by atoms with Crippen molar-refractivity contribution in [3.8, 4) is 0 Å². The van der Waals surface area contributed by atoms with Gasteiger partial charge in [0.2, 0.25) is 0 Å². The first-order chi connectivity index (χ1) is 10.5. The number of esters is 1. The molecule has 0 fully saturated rings. The Labute approximate surface area is 134 Å². The fourth-order valence-electron chi connectivity index (χ4n) is 1.82. The van der Waals surface area contributed by atoms with E-state index in [4.69, 9.17) is 16.3 Å². The second-order valence-electron chi connectivity index (χ2n) is 4.87. The first-order valence-electron chi connectivity index (χ1n) is 6.68. The number of rotatable bonds is 5. The van der Waals surface area contributed by atoms with Crippen LogP contribution in [0.1, 0.15) is 22.8 Å². The molecule has 0 aliphatic carbocycles. The number of hydrogen-bond acceptors (Lipinski definition) is 4. The summed E-state index contributed by atoms with van der Waals surface area (Å²) in [5, 5.41) is 10.7. The molecule has 1 N–H and O–H groups in total. The second-order valence-corrected chi connectivity index (χ2v) is 5.28. The smallest absolute Gasteiger partial charge is 0.336 e. The highest BCUT2D eigenvalue weighted by atomic mass is 35.5. The number of halogens is 1. The molecular weight excluding hydrogens is 302 g/mol. The summed E-state index contributed by atoms with van der Waals surface area (Å²) in [6.45, 7) is 5.56. The number of carbonyl (C=O) groups is 1. The molecule has 5 heteroatoms.